The fourth-order valence-electron chi connectivity index (χ4n) is 1.98. The lowest BCUT2D eigenvalue weighted by Gasteiger charge is -2.32. The number of hydrogen-bond donors (Lipinski definition) is 0. The summed E-state index contributed by atoms with van der Waals surface area (Å²) >= 11 is 0. The molecule has 0 spiro atoms. The van der Waals surface area contributed by atoms with Crippen LogP contribution in [0.4, 0.5) is 8.78 Å². The predicted octanol–water partition coefficient (Wildman–Crippen LogP) is 2.00. The minimum Gasteiger partial charge on any atom is -0.361 e. The molecule has 1 aromatic carbocycles. The maximum absolute atomic E-state index is 14.0. The van der Waals surface area contributed by atoms with Crippen molar-refractivity contribution in [2.45, 2.75) is 12.0 Å². The van der Waals surface area contributed by atoms with Crippen molar-refractivity contribution in [2.75, 3.05) is 26.2 Å². The van der Waals surface area contributed by atoms with E-state index in [4.69, 9.17) is 10.00 Å². The summed E-state index contributed by atoms with van der Waals surface area (Å²) in [5, 5.41) is 8.73. The summed E-state index contributed by atoms with van der Waals surface area (Å²) in [4.78, 5) is 1.57. The molecule has 1 aromatic rings. The molecule has 0 aromatic heterocycles. The number of benzene rings is 1. The molecule has 0 bridgehead atoms. The number of halogens is 2. The Morgan fingerprint density at radius 1 is 1.39 bits per heavy atom. The fourth-order valence-corrected chi connectivity index (χ4v) is 1.98. The summed E-state index contributed by atoms with van der Waals surface area (Å²) in [5.74, 6) is -2.90. The van der Waals surface area contributed by atoms with E-state index in [1.807, 2.05) is 6.07 Å². The van der Waals surface area contributed by atoms with E-state index in [0.717, 1.165) is 0 Å². The number of ether oxygens (including phenoxy) is 1. The lowest BCUT2D eigenvalue weighted by atomic mass is 10.1. The average molecular weight is 252 g/mol. The molecule has 3 nitrogen and oxygen atoms in total. The van der Waals surface area contributed by atoms with Gasteiger partial charge in [-0.2, -0.15) is 14.0 Å². The molecule has 1 atom stereocenters. The van der Waals surface area contributed by atoms with Gasteiger partial charge in [-0.1, -0.05) is 30.3 Å². The molecule has 2 rings (SSSR count). The first-order valence-electron chi connectivity index (χ1n) is 5.79. The molecule has 1 saturated heterocycles. The molecular formula is C13H14F2N2O. The van der Waals surface area contributed by atoms with Crippen molar-refractivity contribution < 1.29 is 13.5 Å². The Bertz CT molecular complexity index is 430. The zero-order chi connectivity index (χ0) is 13.0. The first kappa shape index (κ1) is 12.9. The van der Waals surface area contributed by atoms with E-state index in [0.29, 0.717) is 13.2 Å². The molecule has 1 aliphatic heterocycles. The molecule has 5 heteroatoms. The van der Waals surface area contributed by atoms with Gasteiger partial charge in [0.25, 0.3) is 5.92 Å². The normalized spacial score (nSPS) is 21.5. The molecule has 18 heavy (non-hydrogen) atoms. The van der Waals surface area contributed by atoms with Gasteiger partial charge in [-0.15, -0.1) is 0 Å². The van der Waals surface area contributed by atoms with Crippen molar-refractivity contribution in [3.8, 4) is 6.07 Å². The van der Waals surface area contributed by atoms with E-state index in [1.165, 1.54) is 12.1 Å². The van der Waals surface area contributed by atoms with Crippen molar-refractivity contribution >= 4 is 0 Å². The molecule has 0 aliphatic carbocycles. The maximum Gasteiger partial charge on any atom is 0.285 e. The van der Waals surface area contributed by atoms with Crippen LogP contribution < -0.4 is 0 Å². The molecule has 96 valence electrons. The van der Waals surface area contributed by atoms with Crippen LogP contribution >= 0.6 is 0 Å². The van der Waals surface area contributed by atoms with E-state index >= 15 is 0 Å². The summed E-state index contributed by atoms with van der Waals surface area (Å²) < 4.78 is 33.1. The first-order chi connectivity index (χ1) is 8.62. The number of nitrogens with zero attached hydrogens (tertiary/aromatic N) is 2. The Morgan fingerprint density at radius 2 is 2.11 bits per heavy atom. The molecule has 0 saturated carbocycles. The summed E-state index contributed by atoms with van der Waals surface area (Å²) in [6.07, 6.45) is -0.606. The topological polar surface area (TPSA) is 36.3 Å². The molecule has 0 N–H and O–H groups in total. The third kappa shape index (κ3) is 3.03. The van der Waals surface area contributed by atoms with E-state index in [1.54, 1.807) is 23.1 Å². The maximum atomic E-state index is 14.0. The van der Waals surface area contributed by atoms with Gasteiger partial charge >= 0.3 is 0 Å². The van der Waals surface area contributed by atoms with Gasteiger partial charge in [-0.25, -0.2) is 0 Å². The Balaban J connectivity index is 2.02. The van der Waals surface area contributed by atoms with Crippen LogP contribution in [0.2, 0.25) is 0 Å². The van der Waals surface area contributed by atoms with Crippen LogP contribution in [-0.2, 0) is 10.7 Å². The molecule has 1 aliphatic rings. The number of nitriles is 1. The van der Waals surface area contributed by atoms with Crippen LogP contribution in [0.3, 0.4) is 0 Å². The highest BCUT2D eigenvalue weighted by Crippen LogP contribution is 2.29. The SMILES string of the molecule is N#CC1CN(CC(F)(F)c2ccccc2)CCO1. The Hall–Kier alpha value is -1.51. The van der Waals surface area contributed by atoms with Gasteiger partial charge in [0.2, 0.25) is 0 Å². The highest BCUT2D eigenvalue weighted by Gasteiger charge is 2.35. The Labute approximate surface area is 105 Å². The molecule has 0 amide bonds. The van der Waals surface area contributed by atoms with Crippen LogP contribution in [0.15, 0.2) is 30.3 Å². The number of morpholine rings is 1. The lowest BCUT2D eigenvalue weighted by Crippen LogP contribution is -2.46. The molecule has 1 fully saturated rings. The van der Waals surface area contributed by atoms with E-state index in [-0.39, 0.29) is 18.7 Å². The molecule has 1 unspecified atom stereocenters. The van der Waals surface area contributed by atoms with Crippen molar-refractivity contribution in [3.05, 3.63) is 35.9 Å². The fraction of sp³-hybridized carbons (Fsp3) is 0.462. The van der Waals surface area contributed by atoms with Gasteiger partial charge in [-0.05, 0) is 0 Å². The van der Waals surface area contributed by atoms with Crippen molar-refractivity contribution in [3.63, 3.8) is 0 Å². The van der Waals surface area contributed by atoms with Crippen LogP contribution in [0.5, 0.6) is 0 Å². The summed E-state index contributed by atoms with van der Waals surface area (Å²) in [5.41, 5.74) is 0.00463. The minimum atomic E-state index is -2.90. The third-order valence-electron chi connectivity index (χ3n) is 2.91. The highest BCUT2D eigenvalue weighted by molar-refractivity contribution is 5.20. The number of alkyl halides is 2. The van der Waals surface area contributed by atoms with Crippen LogP contribution in [0, 0.1) is 11.3 Å². The van der Waals surface area contributed by atoms with Gasteiger partial charge in [0.1, 0.15) is 0 Å². The number of rotatable bonds is 3. The average Bonchev–Trinajstić information content (AvgIpc) is 2.39. The van der Waals surface area contributed by atoms with Crippen LogP contribution in [0.1, 0.15) is 5.56 Å². The van der Waals surface area contributed by atoms with E-state index in [2.05, 4.69) is 0 Å². The van der Waals surface area contributed by atoms with Crippen LogP contribution in [-0.4, -0.2) is 37.2 Å². The second-order valence-electron chi connectivity index (χ2n) is 4.29. The van der Waals surface area contributed by atoms with Crippen LogP contribution in [0.25, 0.3) is 0 Å². The van der Waals surface area contributed by atoms with Crippen molar-refractivity contribution in [1.29, 1.82) is 5.26 Å². The minimum absolute atomic E-state index is 0.00463. The Morgan fingerprint density at radius 3 is 2.78 bits per heavy atom. The number of hydrogen-bond acceptors (Lipinski definition) is 3. The monoisotopic (exact) mass is 252 g/mol. The Kier molecular flexibility index (Phi) is 3.90. The van der Waals surface area contributed by atoms with E-state index in [9.17, 15) is 8.78 Å². The second-order valence-corrected chi connectivity index (χ2v) is 4.29. The largest absolute Gasteiger partial charge is 0.361 e. The third-order valence-corrected chi connectivity index (χ3v) is 2.91. The first-order valence-corrected chi connectivity index (χ1v) is 5.79. The molecule has 0 radical (unpaired) electrons. The molecular weight excluding hydrogens is 238 g/mol. The van der Waals surface area contributed by atoms with Crippen molar-refractivity contribution in [1.82, 2.24) is 4.90 Å². The summed E-state index contributed by atoms with van der Waals surface area (Å²) in [6.45, 7) is 0.612. The van der Waals surface area contributed by atoms with Gasteiger partial charge in [0.05, 0.1) is 19.2 Å². The van der Waals surface area contributed by atoms with Gasteiger partial charge < -0.3 is 4.74 Å². The van der Waals surface area contributed by atoms with Gasteiger partial charge in [0.15, 0.2) is 6.10 Å². The van der Waals surface area contributed by atoms with Gasteiger partial charge in [0, 0.05) is 18.7 Å². The van der Waals surface area contributed by atoms with Gasteiger partial charge in [-0.3, -0.25) is 4.90 Å². The smallest absolute Gasteiger partial charge is 0.285 e. The summed E-state index contributed by atoms with van der Waals surface area (Å²) in [6, 6.07) is 9.69. The quantitative estimate of drug-likeness (QED) is 0.825. The van der Waals surface area contributed by atoms with Crippen molar-refractivity contribution in [2.24, 2.45) is 0 Å². The summed E-state index contributed by atoms with van der Waals surface area (Å²) in [7, 11) is 0. The zero-order valence-electron chi connectivity index (χ0n) is 9.85. The zero-order valence-corrected chi connectivity index (χ0v) is 9.85. The highest BCUT2D eigenvalue weighted by atomic mass is 19.3. The molecule has 1 heterocycles. The van der Waals surface area contributed by atoms with E-state index < -0.39 is 12.0 Å². The predicted molar refractivity (Wildman–Crippen MR) is 62.1 cm³/mol. The second kappa shape index (κ2) is 5.42. The standard InChI is InChI=1S/C13H14F2N2O/c14-13(15,11-4-2-1-3-5-11)10-17-6-7-18-12(8-16)9-17/h1-5,12H,6-7,9-10H2. The lowest BCUT2D eigenvalue weighted by molar-refractivity contribution is -0.0728.